The molecule has 0 radical (unpaired) electrons. The van der Waals surface area contributed by atoms with Gasteiger partial charge in [-0.25, -0.2) is 9.37 Å². The van der Waals surface area contributed by atoms with Crippen LogP contribution in [-0.4, -0.2) is 55.4 Å². The molecule has 0 aliphatic carbocycles. The highest BCUT2D eigenvalue weighted by Crippen LogP contribution is 2.55. The second kappa shape index (κ2) is 10.2. The van der Waals surface area contributed by atoms with Gasteiger partial charge in [-0.05, 0) is 19.1 Å². The standard InChI is InChI=1S/C23H25F5N4O4/c1-11-17(13-5-6-14(24)18(25)19(13)35-4)20(36-22(11,2)23(26,27)28)21(34)32-12-7-8-30-15(9-12)31-10-16(33)29-3/h5-9,11,17,20H,10H2,1-4H3,(H,29,33)(H2,30,31,32,34)/t11-,17-,20+,22+/m0/s1. The highest BCUT2D eigenvalue weighted by atomic mass is 19.4. The number of anilines is 2. The topological polar surface area (TPSA) is 102 Å². The van der Waals surface area contributed by atoms with Gasteiger partial charge in [-0.15, -0.1) is 0 Å². The number of methoxy groups -OCH3 is 1. The van der Waals surface area contributed by atoms with Crippen LogP contribution in [-0.2, 0) is 14.3 Å². The number of nitrogens with zero attached hydrogens (tertiary/aromatic N) is 1. The zero-order valence-electron chi connectivity index (χ0n) is 19.8. The number of hydrogen-bond acceptors (Lipinski definition) is 6. The summed E-state index contributed by atoms with van der Waals surface area (Å²) < 4.78 is 80.6. The molecule has 0 saturated carbocycles. The lowest BCUT2D eigenvalue weighted by atomic mass is 9.77. The van der Waals surface area contributed by atoms with Gasteiger partial charge in [0, 0.05) is 42.4 Å². The molecule has 3 rings (SSSR count). The maximum Gasteiger partial charge on any atom is 0.417 e. The van der Waals surface area contributed by atoms with Crippen LogP contribution < -0.4 is 20.7 Å². The van der Waals surface area contributed by atoms with E-state index in [4.69, 9.17) is 9.47 Å². The molecule has 4 atom stereocenters. The number of benzene rings is 1. The highest BCUT2D eigenvalue weighted by molar-refractivity contribution is 5.95. The normalized spacial score (nSPS) is 23.8. The Bertz CT molecular complexity index is 1150. The fourth-order valence-corrected chi connectivity index (χ4v) is 4.12. The first-order valence-electron chi connectivity index (χ1n) is 10.8. The molecule has 1 saturated heterocycles. The number of pyridine rings is 1. The Labute approximate surface area is 203 Å². The zero-order chi connectivity index (χ0) is 26.8. The molecule has 1 aliphatic heterocycles. The second-order valence-electron chi connectivity index (χ2n) is 8.39. The molecule has 2 aromatic rings. The van der Waals surface area contributed by atoms with Crippen LogP contribution in [0.3, 0.4) is 0 Å². The van der Waals surface area contributed by atoms with Crippen molar-refractivity contribution in [3.63, 3.8) is 0 Å². The van der Waals surface area contributed by atoms with Crippen LogP contribution in [0.25, 0.3) is 0 Å². The fourth-order valence-electron chi connectivity index (χ4n) is 4.12. The van der Waals surface area contributed by atoms with Crippen LogP contribution in [0, 0.1) is 17.6 Å². The van der Waals surface area contributed by atoms with Crippen molar-refractivity contribution in [2.75, 3.05) is 31.3 Å². The van der Waals surface area contributed by atoms with Crippen LogP contribution in [0.4, 0.5) is 33.5 Å². The lowest BCUT2D eigenvalue weighted by molar-refractivity contribution is -0.272. The first-order chi connectivity index (χ1) is 16.8. The number of aromatic nitrogens is 1. The van der Waals surface area contributed by atoms with Crippen LogP contribution in [0.2, 0.25) is 0 Å². The van der Waals surface area contributed by atoms with Crippen molar-refractivity contribution in [2.45, 2.75) is 37.6 Å². The minimum atomic E-state index is -4.88. The number of alkyl halides is 3. The predicted molar refractivity (Wildman–Crippen MR) is 120 cm³/mol. The van der Waals surface area contributed by atoms with E-state index in [2.05, 4.69) is 20.9 Å². The molecule has 2 heterocycles. The quantitative estimate of drug-likeness (QED) is 0.487. The van der Waals surface area contributed by atoms with Crippen molar-refractivity contribution in [1.29, 1.82) is 0 Å². The Hall–Kier alpha value is -3.48. The highest BCUT2D eigenvalue weighted by Gasteiger charge is 2.65. The van der Waals surface area contributed by atoms with Gasteiger partial charge in [0.05, 0.1) is 13.7 Å². The SMILES string of the molecule is CNC(=O)CNc1cc(NC(=O)[C@@H]2O[C@@](C)(C(F)(F)F)[C@@H](C)[C@H]2c2ccc(F)c(F)c2OC)ccn1. The van der Waals surface area contributed by atoms with Gasteiger partial charge >= 0.3 is 6.18 Å². The predicted octanol–water partition coefficient (Wildman–Crippen LogP) is 3.60. The van der Waals surface area contributed by atoms with Crippen molar-refractivity contribution in [2.24, 2.45) is 5.92 Å². The zero-order valence-corrected chi connectivity index (χ0v) is 19.8. The molecule has 0 spiro atoms. The van der Waals surface area contributed by atoms with E-state index in [1.54, 1.807) is 0 Å². The molecule has 2 amide bonds. The molecule has 1 aromatic carbocycles. The van der Waals surface area contributed by atoms with Crippen LogP contribution >= 0.6 is 0 Å². The minimum absolute atomic E-state index is 0.105. The monoisotopic (exact) mass is 516 g/mol. The molecular weight excluding hydrogens is 491 g/mol. The Balaban J connectivity index is 1.97. The van der Waals surface area contributed by atoms with Crippen molar-refractivity contribution in [1.82, 2.24) is 10.3 Å². The molecule has 13 heteroatoms. The third-order valence-corrected chi connectivity index (χ3v) is 6.31. The largest absolute Gasteiger partial charge is 0.493 e. The maximum absolute atomic E-state index is 14.4. The lowest BCUT2D eigenvalue weighted by Gasteiger charge is -2.32. The molecular formula is C23H25F5N4O4. The van der Waals surface area contributed by atoms with Crippen LogP contribution in [0.15, 0.2) is 30.5 Å². The van der Waals surface area contributed by atoms with E-state index in [0.717, 1.165) is 26.2 Å². The van der Waals surface area contributed by atoms with E-state index in [0.29, 0.717) is 0 Å². The van der Waals surface area contributed by atoms with Crippen molar-refractivity contribution in [3.05, 3.63) is 47.7 Å². The summed E-state index contributed by atoms with van der Waals surface area (Å²) in [5.74, 6) is -7.02. The first kappa shape index (κ1) is 27.1. The Morgan fingerprint density at radius 2 is 1.92 bits per heavy atom. The van der Waals surface area contributed by atoms with Gasteiger partial charge in [0.15, 0.2) is 17.2 Å². The smallest absolute Gasteiger partial charge is 0.417 e. The number of rotatable bonds is 7. The van der Waals surface area contributed by atoms with Crippen molar-refractivity contribution >= 4 is 23.3 Å². The summed E-state index contributed by atoms with van der Waals surface area (Å²) in [6.45, 7) is 1.92. The Morgan fingerprint density at radius 3 is 2.53 bits per heavy atom. The summed E-state index contributed by atoms with van der Waals surface area (Å²) >= 11 is 0. The number of carbonyl (C=O) groups excluding carboxylic acids is 2. The molecule has 8 nitrogen and oxygen atoms in total. The molecule has 196 valence electrons. The number of hydrogen-bond donors (Lipinski definition) is 3. The summed E-state index contributed by atoms with van der Waals surface area (Å²) in [4.78, 5) is 28.6. The van der Waals surface area contributed by atoms with E-state index in [-0.39, 0.29) is 29.5 Å². The number of likely N-dealkylation sites (N-methyl/N-ethyl adjacent to an activating group) is 1. The fraction of sp³-hybridized carbons (Fsp3) is 0.435. The van der Waals surface area contributed by atoms with Gasteiger partial charge in [-0.1, -0.05) is 13.0 Å². The van der Waals surface area contributed by atoms with Crippen LogP contribution in [0.1, 0.15) is 25.3 Å². The van der Waals surface area contributed by atoms with Gasteiger partial charge in [-0.3, -0.25) is 9.59 Å². The molecule has 3 N–H and O–H groups in total. The van der Waals surface area contributed by atoms with Gasteiger partial charge < -0.3 is 25.4 Å². The number of amides is 2. The Kier molecular flexibility index (Phi) is 7.72. The molecule has 36 heavy (non-hydrogen) atoms. The Morgan fingerprint density at radius 1 is 1.22 bits per heavy atom. The van der Waals surface area contributed by atoms with Gasteiger partial charge in [0.1, 0.15) is 11.9 Å². The average molecular weight is 516 g/mol. The number of carbonyl (C=O) groups is 2. The molecule has 0 unspecified atom stereocenters. The summed E-state index contributed by atoms with van der Waals surface area (Å²) in [5.41, 5.74) is -2.75. The third kappa shape index (κ3) is 5.06. The van der Waals surface area contributed by atoms with E-state index in [9.17, 15) is 31.5 Å². The van der Waals surface area contributed by atoms with Gasteiger partial charge in [0.25, 0.3) is 5.91 Å². The van der Waals surface area contributed by atoms with Crippen molar-refractivity contribution in [3.8, 4) is 5.75 Å². The third-order valence-electron chi connectivity index (χ3n) is 6.31. The summed E-state index contributed by atoms with van der Waals surface area (Å²) in [6.07, 6.45) is -5.30. The van der Waals surface area contributed by atoms with E-state index < -0.39 is 53.0 Å². The van der Waals surface area contributed by atoms with Gasteiger partial charge in [-0.2, -0.15) is 17.6 Å². The number of halogens is 5. The van der Waals surface area contributed by atoms with E-state index in [1.165, 1.54) is 32.3 Å². The minimum Gasteiger partial charge on any atom is -0.493 e. The van der Waals surface area contributed by atoms with Crippen LogP contribution in [0.5, 0.6) is 5.75 Å². The average Bonchev–Trinajstić information content (AvgIpc) is 3.11. The van der Waals surface area contributed by atoms with E-state index >= 15 is 0 Å². The summed E-state index contributed by atoms with van der Waals surface area (Å²) in [7, 11) is 2.49. The molecule has 1 aliphatic rings. The number of nitrogens with one attached hydrogen (secondary N) is 3. The lowest BCUT2D eigenvalue weighted by Crippen LogP contribution is -2.47. The van der Waals surface area contributed by atoms with Crippen molar-refractivity contribution < 1.29 is 41.0 Å². The maximum atomic E-state index is 14.4. The molecule has 0 bridgehead atoms. The molecule has 1 fully saturated rings. The summed E-state index contributed by atoms with van der Waals surface area (Å²) in [5, 5.41) is 7.62. The second-order valence-corrected chi connectivity index (χ2v) is 8.39. The van der Waals surface area contributed by atoms with Gasteiger partial charge in [0.2, 0.25) is 11.7 Å². The first-order valence-corrected chi connectivity index (χ1v) is 10.8. The van der Waals surface area contributed by atoms with E-state index in [1.807, 2.05) is 0 Å². The summed E-state index contributed by atoms with van der Waals surface area (Å²) in [6, 6.07) is 4.59. The number of ether oxygens (including phenoxy) is 2. The molecule has 1 aromatic heterocycles.